The lowest BCUT2D eigenvalue weighted by molar-refractivity contribution is 0.171. The minimum absolute atomic E-state index is 0.562. The molecule has 92 valence electrons. The number of benzene rings is 1. The first kappa shape index (κ1) is 13.5. The van der Waals surface area contributed by atoms with Crippen molar-refractivity contribution in [1.29, 1.82) is 0 Å². The molecule has 1 rings (SSSR count). The van der Waals surface area contributed by atoms with E-state index in [4.69, 9.17) is 4.74 Å². The second-order valence-corrected chi connectivity index (χ2v) is 3.89. The lowest BCUT2D eigenvalue weighted by Crippen LogP contribution is -2.16. The normalized spacial score (nSPS) is 10.3. The van der Waals surface area contributed by atoms with E-state index in [-0.39, 0.29) is 0 Å². The van der Waals surface area contributed by atoms with Gasteiger partial charge < -0.3 is 9.47 Å². The molecule has 0 saturated carbocycles. The zero-order valence-electron chi connectivity index (χ0n) is 9.57. The number of methoxy groups -OCH3 is 1. The molecule has 0 radical (unpaired) electrons. The van der Waals surface area contributed by atoms with Gasteiger partial charge in [0.25, 0.3) is 0 Å². The van der Waals surface area contributed by atoms with Crippen LogP contribution in [-0.4, -0.2) is 26.0 Å². The largest absolute Gasteiger partial charge is 0.493 e. The Morgan fingerprint density at radius 3 is 3.00 bits per heavy atom. The minimum atomic E-state index is -0.616. The fraction of sp³-hybridized carbons (Fsp3) is 0.273. The number of nitrogens with zero attached hydrogens (tertiary/aromatic N) is 1. The molecular formula is C11H13BrN2O3. The Balaban J connectivity index is 2.80. The molecule has 1 aromatic carbocycles. The van der Waals surface area contributed by atoms with Gasteiger partial charge in [-0.25, -0.2) is 10.2 Å². The minimum Gasteiger partial charge on any atom is -0.493 e. The summed E-state index contributed by atoms with van der Waals surface area (Å²) in [6.45, 7) is 2.46. The number of hydrogen-bond acceptors (Lipinski definition) is 4. The van der Waals surface area contributed by atoms with E-state index in [1.165, 1.54) is 13.3 Å². The van der Waals surface area contributed by atoms with Crippen LogP contribution in [0, 0.1) is 0 Å². The first-order valence-electron chi connectivity index (χ1n) is 4.96. The second-order valence-electron chi connectivity index (χ2n) is 2.98. The number of hydrogen-bond donors (Lipinski definition) is 1. The van der Waals surface area contributed by atoms with E-state index in [0.717, 1.165) is 10.0 Å². The second kappa shape index (κ2) is 6.90. The number of halogens is 1. The average molecular weight is 301 g/mol. The van der Waals surface area contributed by atoms with Crippen molar-refractivity contribution in [2.75, 3.05) is 13.7 Å². The molecule has 6 heteroatoms. The number of amides is 1. The molecule has 1 N–H and O–H groups in total. The molecule has 1 aromatic rings. The van der Waals surface area contributed by atoms with E-state index in [2.05, 4.69) is 31.2 Å². The molecule has 0 aliphatic carbocycles. The summed E-state index contributed by atoms with van der Waals surface area (Å²) in [5, 5.41) is 3.75. The summed E-state index contributed by atoms with van der Waals surface area (Å²) in [7, 11) is 1.27. The number of carbonyl (C=O) groups is 1. The first-order chi connectivity index (χ1) is 8.17. The van der Waals surface area contributed by atoms with E-state index in [9.17, 15) is 4.79 Å². The van der Waals surface area contributed by atoms with Gasteiger partial charge in [0, 0.05) is 10.0 Å². The number of nitrogens with one attached hydrogen (secondary N) is 1. The molecule has 1 amide bonds. The SMILES string of the molecule is CCOc1ccc(Br)cc1/C=N\NC(=O)OC. The van der Waals surface area contributed by atoms with E-state index in [1.54, 1.807) is 0 Å². The van der Waals surface area contributed by atoms with Crippen molar-refractivity contribution in [3.8, 4) is 5.75 Å². The third-order valence-corrected chi connectivity index (χ3v) is 2.31. The fourth-order valence-electron chi connectivity index (χ4n) is 1.11. The monoisotopic (exact) mass is 300 g/mol. The highest BCUT2D eigenvalue weighted by Gasteiger charge is 2.02. The van der Waals surface area contributed by atoms with Crippen LogP contribution in [0.4, 0.5) is 4.79 Å². The maximum absolute atomic E-state index is 10.8. The highest BCUT2D eigenvalue weighted by atomic mass is 79.9. The van der Waals surface area contributed by atoms with Crippen LogP contribution >= 0.6 is 15.9 Å². The molecule has 0 aliphatic rings. The van der Waals surface area contributed by atoms with Crippen LogP contribution in [0.2, 0.25) is 0 Å². The number of hydrazone groups is 1. The highest BCUT2D eigenvalue weighted by Crippen LogP contribution is 2.21. The molecule has 0 aromatic heterocycles. The predicted octanol–water partition coefficient (Wildman–Crippen LogP) is 2.54. The third kappa shape index (κ3) is 4.44. The van der Waals surface area contributed by atoms with Gasteiger partial charge in [0.05, 0.1) is 19.9 Å². The first-order valence-corrected chi connectivity index (χ1v) is 5.76. The molecule has 0 fully saturated rings. The Bertz CT molecular complexity index is 421. The summed E-state index contributed by atoms with van der Waals surface area (Å²) < 4.78 is 10.7. The maximum Gasteiger partial charge on any atom is 0.427 e. The van der Waals surface area contributed by atoms with Crippen LogP contribution in [0.3, 0.4) is 0 Å². The van der Waals surface area contributed by atoms with Gasteiger partial charge in [-0.15, -0.1) is 0 Å². The Kier molecular flexibility index (Phi) is 5.48. The number of carbonyl (C=O) groups excluding carboxylic acids is 1. The van der Waals surface area contributed by atoms with Gasteiger partial charge in [-0.2, -0.15) is 5.10 Å². The fourth-order valence-corrected chi connectivity index (χ4v) is 1.49. The van der Waals surface area contributed by atoms with Crippen molar-refractivity contribution >= 4 is 28.2 Å². The zero-order valence-corrected chi connectivity index (χ0v) is 11.2. The summed E-state index contributed by atoms with van der Waals surface area (Å²) in [6.07, 6.45) is 0.876. The standard InChI is InChI=1S/C11H13BrN2O3/c1-3-17-10-5-4-9(12)6-8(10)7-13-14-11(15)16-2/h4-7H,3H2,1-2H3,(H,14,15)/b13-7-. The summed E-state index contributed by atoms with van der Waals surface area (Å²) in [4.78, 5) is 10.8. The predicted molar refractivity (Wildman–Crippen MR) is 68.4 cm³/mol. The van der Waals surface area contributed by atoms with Crippen LogP contribution in [0.25, 0.3) is 0 Å². The van der Waals surface area contributed by atoms with Gasteiger partial charge in [0.15, 0.2) is 0 Å². The van der Waals surface area contributed by atoms with Crippen molar-refractivity contribution in [1.82, 2.24) is 5.43 Å². The van der Waals surface area contributed by atoms with Gasteiger partial charge in [0.1, 0.15) is 5.75 Å². The average Bonchev–Trinajstić information content (AvgIpc) is 2.32. The van der Waals surface area contributed by atoms with Gasteiger partial charge >= 0.3 is 6.09 Å². The topological polar surface area (TPSA) is 59.9 Å². The Hall–Kier alpha value is -1.56. The number of rotatable bonds is 4. The Labute approximate surface area is 108 Å². The quantitative estimate of drug-likeness (QED) is 0.686. The lowest BCUT2D eigenvalue weighted by atomic mass is 10.2. The van der Waals surface area contributed by atoms with E-state index in [1.807, 2.05) is 25.1 Å². The summed E-state index contributed by atoms with van der Waals surface area (Å²) >= 11 is 3.35. The molecule has 0 aliphatic heterocycles. The van der Waals surface area contributed by atoms with Crippen molar-refractivity contribution in [2.24, 2.45) is 5.10 Å². The van der Waals surface area contributed by atoms with E-state index in [0.29, 0.717) is 12.4 Å². The Morgan fingerprint density at radius 1 is 1.59 bits per heavy atom. The molecule has 17 heavy (non-hydrogen) atoms. The molecule has 5 nitrogen and oxygen atoms in total. The van der Waals surface area contributed by atoms with Crippen molar-refractivity contribution < 1.29 is 14.3 Å². The maximum atomic E-state index is 10.8. The summed E-state index contributed by atoms with van der Waals surface area (Å²) in [5.41, 5.74) is 2.97. The Morgan fingerprint density at radius 2 is 2.35 bits per heavy atom. The van der Waals surface area contributed by atoms with Crippen molar-refractivity contribution in [2.45, 2.75) is 6.92 Å². The van der Waals surface area contributed by atoms with E-state index < -0.39 is 6.09 Å². The molecule has 0 bridgehead atoms. The molecule has 0 unspecified atom stereocenters. The third-order valence-electron chi connectivity index (χ3n) is 1.82. The van der Waals surface area contributed by atoms with Crippen LogP contribution in [0.5, 0.6) is 5.75 Å². The van der Waals surface area contributed by atoms with Gasteiger partial charge in [-0.3, -0.25) is 0 Å². The molecule has 0 heterocycles. The molecule has 0 saturated heterocycles. The van der Waals surface area contributed by atoms with Crippen LogP contribution in [-0.2, 0) is 4.74 Å². The van der Waals surface area contributed by atoms with Gasteiger partial charge in [-0.05, 0) is 25.1 Å². The summed E-state index contributed by atoms with van der Waals surface area (Å²) in [6, 6.07) is 5.54. The van der Waals surface area contributed by atoms with Crippen LogP contribution in [0.1, 0.15) is 12.5 Å². The smallest absolute Gasteiger partial charge is 0.427 e. The molecular weight excluding hydrogens is 288 g/mol. The number of ether oxygens (including phenoxy) is 2. The van der Waals surface area contributed by atoms with Gasteiger partial charge in [-0.1, -0.05) is 15.9 Å². The lowest BCUT2D eigenvalue weighted by Gasteiger charge is -2.06. The van der Waals surface area contributed by atoms with Crippen molar-refractivity contribution in [3.63, 3.8) is 0 Å². The zero-order chi connectivity index (χ0) is 12.7. The van der Waals surface area contributed by atoms with Crippen molar-refractivity contribution in [3.05, 3.63) is 28.2 Å². The van der Waals surface area contributed by atoms with E-state index >= 15 is 0 Å². The summed E-state index contributed by atoms with van der Waals surface area (Å²) in [5.74, 6) is 0.700. The molecule has 0 atom stereocenters. The highest BCUT2D eigenvalue weighted by molar-refractivity contribution is 9.10. The molecule has 0 spiro atoms. The van der Waals surface area contributed by atoms with Crippen LogP contribution in [0.15, 0.2) is 27.8 Å². The van der Waals surface area contributed by atoms with Gasteiger partial charge in [0.2, 0.25) is 0 Å². The van der Waals surface area contributed by atoms with Crippen LogP contribution < -0.4 is 10.2 Å².